The third-order valence-corrected chi connectivity index (χ3v) is 3.10. The van der Waals surface area contributed by atoms with Crippen LogP contribution < -0.4 is 0 Å². The topological polar surface area (TPSA) is 32.6 Å². The predicted molar refractivity (Wildman–Crippen MR) is 65.6 cm³/mol. The van der Waals surface area contributed by atoms with Crippen molar-refractivity contribution in [3.05, 3.63) is 46.4 Å². The van der Waals surface area contributed by atoms with Gasteiger partial charge in [-0.25, -0.2) is 0 Å². The van der Waals surface area contributed by atoms with Crippen molar-refractivity contribution in [3.8, 4) is 0 Å². The van der Waals surface area contributed by atoms with Crippen LogP contribution in [0, 0.1) is 0 Å². The van der Waals surface area contributed by atoms with Crippen molar-refractivity contribution in [2.45, 2.75) is 6.92 Å². The monoisotopic (exact) mass is 263 g/mol. The van der Waals surface area contributed by atoms with Gasteiger partial charge in [0.25, 0.3) is 0 Å². The molecule has 0 heterocycles. The summed E-state index contributed by atoms with van der Waals surface area (Å²) in [6.45, 7) is 1.79. The van der Waals surface area contributed by atoms with Crippen molar-refractivity contribution in [1.82, 2.24) is 0 Å². The second kappa shape index (κ2) is 4.03. The van der Waals surface area contributed by atoms with Crippen molar-refractivity contribution in [2.24, 2.45) is 5.16 Å². The lowest BCUT2D eigenvalue weighted by atomic mass is 10.0. The molecule has 2 aromatic rings. The van der Waals surface area contributed by atoms with E-state index in [1.807, 2.05) is 36.4 Å². The lowest BCUT2D eigenvalue weighted by molar-refractivity contribution is 0.319. The molecule has 1 N–H and O–H groups in total. The van der Waals surface area contributed by atoms with Gasteiger partial charge in [-0.3, -0.25) is 0 Å². The van der Waals surface area contributed by atoms with Crippen LogP contribution in [0.1, 0.15) is 12.5 Å². The smallest absolute Gasteiger partial charge is 0.0843 e. The molecule has 76 valence electrons. The predicted octanol–water partition coefficient (Wildman–Crippen LogP) is 3.80. The first-order chi connectivity index (χ1) is 7.24. The van der Waals surface area contributed by atoms with Gasteiger partial charge in [0.05, 0.1) is 5.71 Å². The molecule has 0 radical (unpaired) electrons. The number of oxime groups is 1. The first kappa shape index (κ1) is 10.2. The molecule has 0 aromatic heterocycles. The SMILES string of the molecule is CC(=NO)c1ccc(Br)c2ccccc12. The van der Waals surface area contributed by atoms with E-state index in [0.717, 1.165) is 20.8 Å². The molecule has 0 fully saturated rings. The zero-order chi connectivity index (χ0) is 10.8. The Morgan fingerprint density at radius 2 is 1.80 bits per heavy atom. The van der Waals surface area contributed by atoms with Crippen LogP contribution in [-0.2, 0) is 0 Å². The Labute approximate surface area is 96.4 Å². The fraction of sp³-hybridized carbons (Fsp3) is 0.0833. The number of hydrogen-bond acceptors (Lipinski definition) is 2. The number of rotatable bonds is 1. The highest BCUT2D eigenvalue weighted by Crippen LogP contribution is 2.27. The first-order valence-electron chi connectivity index (χ1n) is 4.60. The lowest BCUT2D eigenvalue weighted by Crippen LogP contribution is -1.95. The molecule has 2 aromatic carbocycles. The molecular formula is C12H10BrNO. The van der Waals surface area contributed by atoms with E-state index in [2.05, 4.69) is 21.1 Å². The molecule has 0 aliphatic rings. The molecule has 3 heteroatoms. The van der Waals surface area contributed by atoms with Gasteiger partial charge in [0, 0.05) is 10.0 Å². The molecule has 0 spiro atoms. The Balaban J connectivity index is 2.83. The molecule has 0 saturated carbocycles. The van der Waals surface area contributed by atoms with Crippen LogP contribution >= 0.6 is 15.9 Å². The third-order valence-electron chi connectivity index (χ3n) is 2.41. The maximum atomic E-state index is 8.79. The minimum absolute atomic E-state index is 0.624. The van der Waals surface area contributed by atoms with Crippen LogP contribution in [0.3, 0.4) is 0 Å². The minimum Gasteiger partial charge on any atom is -0.411 e. The van der Waals surface area contributed by atoms with Crippen molar-refractivity contribution in [3.63, 3.8) is 0 Å². The molecule has 0 atom stereocenters. The number of hydrogen-bond donors (Lipinski definition) is 1. The van der Waals surface area contributed by atoms with Gasteiger partial charge in [-0.2, -0.15) is 0 Å². The summed E-state index contributed by atoms with van der Waals surface area (Å²) in [5, 5.41) is 14.2. The van der Waals surface area contributed by atoms with Gasteiger partial charge < -0.3 is 5.21 Å². The zero-order valence-corrected chi connectivity index (χ0v) is 9.82. The van der Waals surface area contributed by atoms with Gasteiger partial charge in [0.1, 0.15) is 0 Å². The molecule has 15 heavy (non-hydrogen) atoms. The van der Waals surface area contributed by atoms with Crippen molar-refractivity contribution >= 4 is 32.4 Å². The Morgan fingerprint density at radius 3 is 2.47 bits per heavy atom. The van der Waals surface area contributed by atoms with E-state index >= 15 is 0 Å². The molecule has 2 rings (SSSR count). The van der Waals surface area contributed by atoms with Crippen molar-refractivity contribution in [2.75, 3.05) is 0 Å². The average Bonchev–Trinajstić information content (AvgIpc) is 2.29. The Kier molecular flexibility index (Phi) is 2.73. The summed E-state index contributed by atoms with van der Waals surface area (Å²) in [5.74, 6) is 0. The quantitative estimate of drug-likeness (QED) is 0.474. The maximum absolute atomic E-state index is 8.79. The molecule has 2 nitrogen and oxygen atoms in total. The first-order valence-corrected chi connectivity index (χ1v) is 5.39. The van der Waals surface area contributed by atoms with Crippen LogP contribution in [0.4, 0.5) is 0 Å². The molecule has 0 unspecified atom stereocenters. The normalized spacial score (nSPS) is 12.0. The summed E-state index contributed by atoms with van der Waals surface area (Å²) in [5.41, 5.74) is 1.58. The minimum atomic E-state index is 0.624. The van der Waals surface area contributed by atoms with E-state index in [1.165, 1.54) is 0 Å². The third kappa shape index (κ3) is 1.75. The van der Waals surface area contributed by atoms with Crippen LogP contribution in [0.5, 0.6) is 0 Å². The standard InChI is InChI=1S/C12H10BrNO/c1-8(14-15)9-6-7-12(13)11-5-3-2-4-10(9)11/h2-7,15H,1H3. The summed E-state index contributed by atoms with van der Waals surface area (Å²) in [4.78, 5) is 0. The molecule has 0 bridgehead atoms. The molecule has 0 aliphatic carbocycles. The van der Waals surface area contributed by atoms with Gasteiger partial charge in [-0.1, -0.05) is 51.4 Å². The second-order valence-corrected chi connectivity index (χ2v) is 4.18. The highest BCUT2D eigenvalue weighted by molar-refractivity contribution is 9.10. The highest BCUT2D eigenvalue weighted by atomic mass is 79.9. The molecule has 0 aliphatic heterocycles. The lowest BCUT2D eigenvalue weighted by Gasteiger charge is -2.06. The van der Waals surface area contributed by atoms with Crippen LogP contribution in [0.2, 0.25) is 0 Å². The Morgan fingerprint density at radius 1 is 1.13 bits per heavy atom. The van der Waals surface area contributed by atoms with E-state index in [1.54, 1.807) is 6.92 Å². The van der Waals surface area contributed by atoms with Crippen molar-refractivity contribution in [1.29, 1.82) is 0 Å². The van der Waals surface area contributed by atoms with E-state index in [0.29, 0.717) is 5.71 Å². The van der Waals surface area contributed by atoms with E-state index < -0.39 is 0 Å². The van der Waals surface area contributed by atoms with Crippen LogP contribution in [0.15, 0.2) is 46.0 Å². The van der Waals surface area contributed by atoms with Crippen LogP contribution in [-0.4, -0.2) is 10.9 Å². The summed E-state index contributed by atoms with van der Waals surface area (Å²) in [7, 11) is 0. The molecule has 0 saturated heterocycles. The molecule has 0 amide bonds. The zero-order valence-electron chi connectivity index (χ0n) is 8.24. The van der Waals surface area contributed by atoms with E-state index in [-0.39, 0.29) is 0 Å². The average molecular weight is 264 g/mol. The van der Waals surface area contributed by atoms with Gasteiger partial charge in [0.15, 0.2) is 0 Å². The summed E-state index contributed by atoms with van der Waals surface area (Å²) in [6, 6.07) is 11.9. The summed E-state index contributed by atoms with van der Waals surface area (Å²) in [6.07, 6.45) is 0. The number of nitrogens with zero attached hydrogens (tertiary/aromatic N) is 1. The van der Waals surface area contributed by atoms with Crippen LogP contribution in [0.25, 0.3) is 10.8 Å². The van der Waals surface area contributed by atoms with E-state index in [9.17, 15) is 0 Å². The van der Waals surface area contributed by atoms with Gasteiger partial charge >= 0.3 is 0 Å². The summed E-state index contributed by atoms with van der Waals surface area (Å²) < 4.78 is 1.05. The van der Waals surface area contributed by atoms with Crippen molar-refractivity contribution < 1.29 is 5.21 Å². The van der Waals surface area contributed by atoms with Gasteiger partial charge in [-0.15, -0.1) is 0 Å². The highest BCUT2D eigenvalue weighted by Gasteiger charge is 2.06. The van der Waals surface area contributed by atoms with Gasteiger partial charge in [-0.05, 0) is 23.8 Å². The summed E-state index contributed by atoms with van der Waals surface area (Å²) >= 11 is 3.50. The number of fused-ring (bicyclic) bond motifs is 1. The Bertz CT molecular complexity index is 534. The largest absolute Gasteiger partial charge is 0.411 e. The number of benzene rings is 2. The molecular weight excluding hydrogens is 254 g/mol. The fourth-order valence-electron chi connectivity index (χ4n) is 1.63. The maximum Gasteiger partial charge on any atom is 0.0843 e. The fourth-order valence-corrected chi connectivity index (χ4v) is 2.11. The Hall–Kier alpha value is -1.35. The number of halogens is 1. The second-order valence-electron chi connectivity index (χ2n) is 3.33. The van der Waals surface area contributed by atoms with E-state index in [4.69, 9.17) is 5.21 Å². The van der Waals surface area contributed by atoms with Gasteiger partial charge in [0.2, 0.25) is 0 Å².